The molecular weight excluding hydrogens is 634 g/mol. The molecule has 1 aliphatic heterocycles. The van der Waals surface area contributed by atoms with Crippen LogP contribution >= 0.6 is 11.3 Å². The van der Waals surface area contributed by atoms with E-state index in [1.807, 2.05) is 32.0 Å². The fourth-order valence-electron chi connectivity index (χ4n) is 5.31. The Morgan fingerprint density at radius 1 is 0.917 bits per heavy atom. The number of esters is 1. The van der Waals surface area contributed by atoms with E-state index in [4.69, 9.17) is 23.7 Å². The van der Waals surface area contributed by atoms with Crippen molar-refractivity contribution >= 4 is 35.0 Å². The van der Waals surface area contributed by atoms with E-state index in [9.17, 15) is 14.4 Å². The summed E-state index contributed by atoms with van der Waals surface area (Å²) in [7, 11) is 1.53. The number of nitrogens with one attached hydrogen (secondary N) is 1. The van der Waals surface area contributed by atoms with Crippen LogP contribution in [0.15, 0.2) is 87.8 Å². The van der Waals surface area contributed by atoms with Gasteiger partial charge >= 0.3 is 5.97 Å². The number of carbonyl (C=O) groups excluding carboxylic acids is 2. The third kappa shape index (κ3) is 7.28. The van der Waals surface area contributed by atoms with Crippen LogP contribution < -0.4 is 39.2 Å². The van der Waals surface area contributed by atoms with Crippen LogP contribution in [0, 0.1) is 0 Å². The summed E-state index contributed by atoms with van der Waals surface area (Å²) in [6.07, 6.45) is 1.73. The Bertz CT molecular complexity index is 2020. The highest BCUT2D eigenvalue weighted by Gasteiger charge is 2.36. The topological polar surface area (TPSA) is 127 Å². The second-order valence-electron chi connectivity index (χ2n) is 10.5. The first-order chi connectivity index (χ1) is 23.3. The van der Waals surface area contributed by atoms with Crippen LogP contribution in [0.5, 0.6) is 23.0 Å². The summed E-state index contributed by atoms with van der Waals surface area (Å²) in [6.45, 7) is 7.77. The van der Waals surface area contributed by atoms with Crippen LogP contribution in [0.3, 0.4) is 0 Å². The summed E-state index contributed by atoms with van der Waals surface area (Å²) in [5.74, 6) is 0.810. The van der Waals surface area contributed by atoms with Crippen LogP contribution in [-0.2, 0) is 14.3 Å². The number of thiazole rings is 1. The van der Waals surface area contributed by atoms with Crippen LogP contribution in [0.25, 0.3) is 6.08 Å². The van der Waals surface area contributed by atoms with Crippen molar-refractivity contribution in [2.45, 2.75) is 33.7 Å². The fraction of sp³-hybridized carbons (Fsp3) is 0.278. The smallest absolute Gasteiger partial charge is 0.338 e. The molecule has 5 rings (SSSR count). The Kier molecular flexibility index (Phi) is 11.0. The zero-order valence-electron chi connectivity index (χ0n) is 27.4. The van der Waals surface area contributed by atoms with Crippen LogP contribution in [0.1, 0.15) is 44.9 Å². The lowest BCUT2D eigenvalue weighted by Crippen LogP contribution is -2.40. The number of anilines is 1. The number of para-hydroxylation sites is 2. The molecule has 0 spiro atoms. The van der Waals surface area contributed by atoms with Crippen molar-refractivity contribution in [3.63, 3.8) is 0 Å². The van der Waals surface area contributed by atoms with E-state index in [1.54, 1.807) is 68.5 Å². The molecule has 0 saturated carbocycles. The standard InChI is InChI=1S/C36H37N3O8S/c1-6-44-28-19-23(17-18-26(28)47-21-30(40)38-24-13-10-9-11-14-24)20-29-34(41)39-32(25-15-12-16-27(43-5)33(25)45-7-2)31(35(42)46-8-3)22(4)37-36(39)48-29/h9-20,32H,6-8,21H2,1-5H3,(H,38,40)/b29-20+/t32-/m0/s1. The molecule has 0 unspecified atom stereocenters. The van der Waals surface area contributed by atoms with Gasteiger partial charge in [0.2, 0.25) is 0 Å². The molecular formula is C36H37N3O8S. The number of hydrogen-bond acceptors (Lipinski definition) is 10. The van der Waals surface area contributed by atoms with Crippen molar-refractivity contribution in [3.05, 3.63) is 109 Å². The Hall–Kier alpha value is -5.36. The molecule has 3 aromatic carbocycles. The lowest BCUT2D eigenvalue weighted by Gasteiger charge is -2.26. The monoisotopic (exact) mass is 671 g/mol. The van der Waals surface area contributed by atoms with E-state index < -0.39 is 12.0 Å². The predicted octanol–water partition coefficient (Wildman–Crippen LogP) is 4.62. The molecule has 0 aliphatic carbocycles. The van der Waals surface area contributed by atoms with Gasteiger partial charge in [0.05, 0.1) is 42.7 Å². The summed E-state index contributed by atoms with van der Waals surface area (Å²) in [6, 6.07) is 18.8. The summed E-state index contributed by atoms with van der Waals surface area (Å²) < 4.78 is 30.5. The zero-order chi connectivity index (χ0) is 34.2. The third-order valence-corrected chi connectivity index (χ3v) is 8.29. The van der Waals surface area contributed by atoms with Crippen LogP contribution in [0.4, 0.5) is 5.69 Å². The number of nitrogens with zero attached hydrogens (tertiary/aromatic N) is 2. The first-order valence-corrected chi connectivity index (χ1v) is 16.3. The molecule has 2 heterocycles. The highest BCUT2D eigenvalue weighted by atomic mass is 32.1. The predicted molar refractivity (Wildman–Crippen MR) is 183 cm³/mol. The number of fused-ring (bicyclic) bond motifs is 1. The number of methoxy groups -OCH3 is 1. The van der Waals surface area contributed by atoms with Crippen molar-refractivity contribution in [3.8, 4) is 23.0 Å². The number of amides is 1. The molecule has 0 fully saturated rings. The van der Waals surface area contributed by atoms with Gasteiger partial charge in [-0.2, -0.15) is 0 Å². The van der Waals surface area contributed by atoms with E-state index in [1.165, 1.54) is 23.0 Å². The second kappa shape index (κ2) is 15.5. The lowest BCUT2D eigenvalue weighted by atomic mass is 9.94. The van der Waals surface area contributed by atoms with Gasteiger partial charge in [0.1, 0.15) is 6.04 Å². The maximum atomic E-state index is 14.2. The number of benzene rings is 3. The van der Waals surface area contributed by atoms with Gasteiger partial charge in [-0.1, -0.05) is 47.7 Å². The van der Waals surface area contributed by atoms with Gasteiger partial charge in [0.15, 0.2) is 34.4 Å². The highest BCUT2D eigenvalue weighted by molar-refractivity contribution is 7.07. The van der Waals surface area contributed by atoms with Crippen molar-refractivity contribution in [2.24, 2.45) is 4.99 Å². The summed E-state index contributed by atoms with van der Waals surface area (Å²) in [4.78, 5) is 45.1. The molecule has 11 nitrogen and oxygen atoms in total. The molecule has 250 valence electrons. The summed E-state index contributed by atoms with van der Waals surface area (Å²) in [5.41, 5.74) is 2.23. The van der Waals surface area contributed by atoms with Gasteiger partial charge in [0.25, 0.3) is 11.5 Å². The Labute approximate surface area is 281 Å². The summed E-state index contributed by atoms with van der Waals surface area (Å²) >= 11 is 1.20. The van der Waals surface area contributed by atoms with Crippen molar-refractivity contribution in [1.29, 1.82) is 0 Å². The Morgan fingerprint density at radius 2 is 1.69 bits per heavy atom. The number of aromatic nitrogens is 1. The second-order valence-corrected chi connectivity index (χ2v) is 11.5. The largest absolute Gasteiger partial charge is 0.493 e. The van der Waals surface area contributed by atoms with Gasteiger partial charge in [-0.05, 0) is 69.7 Å². The Morgan fingerprint density at radius 3 is 2.40 bits per heavy atom. The highest BCUT2D eigenvalue weighted by Crippen LogP contribution is 2.40. The molecule has 0 radical (unpaired) electrons. The maximum Gasteiger partial charge on any atom is 0.338 e. The molecule has 1 atom stereocenters. The van der Waals surface area contributed by atoms with Crippen LogP contribution in [-0.4, -0.2) is 50.0 Å². The van der Waals surface area contributed by atoms with E-state index in [0.717, 1.165) is 0 Å². The van der Waals surface area contributed by atoms with E-state index in [-0.39, 0.29) is 30.3 Å². The first kappa shape index (κ1) is 34.0. The molecule has 48 heavy (non-hydrogen) atoms. The molecule has 0 bridgehead atoms. The van der Waals surface area contributed by atoms with Gasteiger partial charge in [-0.15, -0.1) is 0 Å². The third-order valence-electron chi connectivity index (χ3n) is 7.31. The molecule has 1 N–H and O–H groups in total. The van der Waals surface area contributed by atoms with E-state index in [2.05, 4.69) is 10.3 Å². The van der Waals surface area contributed by atoms with Gasteiger partial charge < -0.3 is 29.0 Å². The lowest BCUT2D eigenvalue weighted by molar-refractivity contribution is -0.139. The maximum absolute atomic E-state index is 14.2. The fourth-order valence-corrected chi connectivity index (χ4v) is 6.36. The Balaban J connectivity index is 1.54. The number of allylic oxidation sites excluding steroid dienone is 1. The average molecular weight is 672 g/mol. The number of hydrogen-bond donors (Lipinski definition) is 1. The SMILES string of the molecule is CCOC(=O)C1=C(C)N=c2s/c(=C/c3ccc(OCC(=O)Nc4ccccc4)c(OCC)c3)c(=O)n2[C@H]1c1cccc(OC)c1OCC. The van der Waals surface area contributed by atoms with Crippen molar-refractivity contribution in [2.75, 3.05) is 38.9 Å². The van der Waals surface area contributed by atoms with Crippen molar-refractivity contribution < 1.29 is 33.3 Å². The minimum atomic E-state index is -0.879. The van der Waals surface area contributed by atoms with E-state index in [0.29, 0.717) is 68.1 Å². The molecule has 12 heteroatoms. The van der Waals surface area contributed by atoms with Crippen molar-refractivity contribution in [1.82, 2.24) is 4.57 Å². The average Bonchev–Trinajstić information content (AvgIpc) is 3.38. The van der Waals surface area contributed by atoms with E-state index >= 15 is 0 Å². The number of rotatable bonds is 13. The minimum absolute atomic E-state index is 0.156. The normalized spacial score (nSPS) is 14.1. The summed E-state index contributed by atoms with van der Waals surface area (Å²) in [5, 5.41) is 2.79. The zero-order valence-corrected chi connectivity index (χ0v) is 28.2. The number of carbonyl (C=O) groups is 2. The molecule has 4 aromatic rings. The quantitative estimate of drug-likeness (QED) is 0.204. The number of ether oxygens (including phenoxy) is 5. The van der Waals surface area contributed by atoms with Gasteiger partial charge in [-0.25, -0.2) is 9.79 Å². The first-order valence-electron chi connectivity index (χ1n) is 15.5. The van der Waals surface area contributed by atoms with Gasteiger partial charge in [0, 0.05) is 11.3 Å². The van der Waals surface area contributed by atoms with Gasteiger partial charge in [-0.3, -0.25) is 14.2 Å². The van der Waals surface area contributed by atoms with Crippen LogP contribution in [0.2, 0.25) is 0 Å². The molecule has 0 saturated heterocycles. The molecule has 1 aliphatic rings. The minimum Gasteiger partial charge on any atom is -0.493 e. The molecule has 1 amide bonds. The molecule has 1 aromatic heterocycles.